The van der Waals surface area contributed by atoms with Crippen LogP contribution >= 0.6 is 23.2 Å². The lowest BCUT2D eigenvalue weighted by atomic mass is 10.1. The number of urea groups is 1. The number of carbonyl (C=O) groups excluding carboxylic acids is 4. The number of anilines is 1. The number of ether oxygens (including phenoxy) is 3. The summed E-state index contributed by atoms with van der Waals surface area (Å²) in [5.74, 6) is -1.37. The number of nitrogens with one attached hydrogen (secondary N) is 2. The van der Waals surface area contributed by atoms with Gasteiger partial charge in [0.05, 0.1) is 20.8 Å². The second-order valence-electron chi connectivity index (χ2n) is 8.01. The van der Waals surface area contributed by atoms with Gasteiger partial charge in [0, 0.05) is 27.4 Å². The maximum atomic E-state index is 13.0. The number of benzene rings is 2. The van der Waals surface area contributed by atoms with Crippen molar-refractivity contribution in [3.05, 3.63) is 81.4 Å². The molecule has 0 bridgehead atoms. The fraction of sp³-hybridized carbons (Fsp3) is 0.154. The molecule has 1 fully saturated rings. The molecule has 39 heavy (non-hydrogen) atoms. The van der Waals surface area contributed by atoms with Crippen molar-refractivity contribution in [2.75, 3.05) is 26.1 Å². The number of nitrogens with zero attached hydrogens (tertiary/aromatic N) is 1. The van der Waals surface area contributed by atoms with E-state index < -0.39 is 30.4 Å². The van der Waals surface area contributed by atoms with E-state index in [9.17, 15) is 19.2 Å². The van der Waals surface area contributed by atoms with Gasteiger partial charge in [-0.25, -0.2) is 9.59 Å². The standard InChI is InChI=1S/C26H21Cl2N3O8/c1-36-21-11-16(28)9-14(23(21)38-13-22(32)29-17-5-3-15(27)4-6-17)10-19-24(33)31(26(35)30-19)12-18-7-8-20(39-18)25(34)37-2/h3-11H,12-13H2,1-2H3,(H,29,32)(H,30,35)/b19-10+. The van der Waals surface area contributed by atoms with Gasteiger partial charge in [-0.1, -0.05) is 23.2 Å². The number of furan rings is 1. The lowest BCUT2D eigenvalue weighted by molar-refractivity contribution is -0.123. The van der Waals surface area contributed by atoms with Crippen molar-refractivity contribution in [1.29, 1.82) is 0 Å². The second kappa shape index (κ2) is 11.9. The van der Waals surface area contributed by atoms with Crippen molar-refractivity contribution in [3.8, 4) is 11.5 Å². The third-order valence-electron chi connectivity index (χ3n) is 5.37. The molecule has 4 rings (SSSR count). The normalized spacial score (nSPS) is 13.8. The minimum absolute atomic E-state index is 0.0665. The van der Waals surface area contributed by atoms with Gasteiger partial charge in [0.15, 0.2) is 18.1 Å². The fourth-order valence-corrected chi connectivity index (χ4v) is 3.91. The van der Waals surface area contributed by atoms with E-state index in [-0.39, 0.29) is 45.8 Å². The van der Waals surface area contributed by atoms with Crippen molar-refractivity contribution in [3.63, 3.8) is 0 Å². The number of esters is 1. The number of hydrogen-bond donors (Lipinski definition) is 2. The number of methoxy groups -OCH3 is 2. The zero-order chi connectivity index (χ0) is 28.1. The highest BCUT2D eigenvalue weighted by atomic mass is 35.5. The first-order valence-electron chi connectivity index (χ1n) is 11.3. The molecule has 11 nitrogen and oxygen atoms in total. The summed E-state index contributed by atoms with van der Waals surface area (Å²) in [6, 6.07) is 11.6. The van der Waals surface area contributed by atoms with Crippen LogP contribution in [0.15, 0.2) is 58.6 Å². The third-order valence-corrected chi connectivity index (χ3v) is 5.84. The molecule has 3 aromatic rings. The van der Waals surface area contributed by atoms with Crippen LogP contribution in [0.5, 0.6) is 11.5 Å². The average Bonchev–Trinajstić information content (AvgIpc) is 3.49. The lowest BCUT2D eigenvalue weighted by Gasteiger charge is -2.14. The Bertz CT molecular complexity index is 1470. The topological polar surface area (TPSA) is 136 Å². The number of hydrogen-bond acceptors (Lipinski definition) is 8. The molecule has 4 amide bonds. The minimum atomic E-state index is -0.707. The first-order valence-corrected chi connectivity index (χ1v) is 12.0. The molecule has 0 spiro atoms. The fourth-order valence-electron chi connectivity index (χ4n) is 3.57. The molecule has 1 aromatic heterocycles. The van der Waals surface area contributed by atoms with E-state index in [2.05, 4.69) is 15.4 Å². The zero-order valence-electron chi connectivity index (χ0n) is 20.6. The summed E-state index contributed by atoms with van der Waals surface area (Å²) in [5.41, 5.74) is 0.711. The van der Waals surface area contributed by atoms with E-state index in [1.165, 1.54) is 44.6 Å². The Kier molecular flexibility index (Phi) is 8.43. The minimum Gasteiger partial charge on any atom is -0.493 e. The van der Waals surface area contributed by atoms with Gasteiger partial charge in [0.1, 0.15) is 11.5 Å². The Hall–Kier alpha value is -4.48. The van der Waals surface area contributed by atoms with E-state index in [0.29, 0.717) is 10.7 Å². The van der Waals surface area contributed by atoms with Crippen molar-refractivity contribution >= 4 is 58.8 Å². The number of halogens is 2. The molecule has 1 aliphatic rings. The van der Waals surface area contributed by atoms with Gasteiger partial charge in [-0.3, -0.25) is 14.5 Å². The number of carbonyl (C=O) groups is 4. The Morgan fingerprint density at radius 2 is 1.79 bits per heavy atom. The van der Waals surface area contributed by atoms with Gasteiger partial charge >= 0.3 is 12.0 Å². The molecule has 13 heteroatoms. The van der Waals surface area contributed by atoms with Gasteiger partial charge in [-0.2, -0.15) is 0 Å². The summed E-state index contributed by atoms with van der Waals surface area (Å²) in [4.78, 5) is 50.5. The largest absolute Gasteiger partial charge is 0.493 e. The summed E-state index contributed by atoms with van der Waals surface area (Å²) < 4.78 is 21.0. The van der Waals surface area contributed by atoms with Crippen LogP contribution in [0.1, 0.15) is 21.9 Å². The Labute approximate surface area is 232 Å². The van der Waals surface area contributed by atoms with Crippen LogP contribution in [0, 0.1) is 0 Å². The molecule has 1 saturated heterocycles. The molecule has 2 N–H and O–H groups in total. The quantitative estimate of drug-likeness (QED) is 0.217. The van der Waals surface area contributed by atoms with Crippen LogP contribution in [0.2, 0.25) is 10.0 Å². The van der Waals surface area contributed by atoms with Gasteiger partial charge in [-0.15, -0.1) is 0 Å². The predicted molar refractivity (Wildman–Crippen MR) is 141 cm³/mol. The van der Waals surface area contributed by atoms with Crippen molar-refractivity contribution in [2.24, 2.45) is 0 Å². The number of amides is 4. The molecular formula is C26H21Cl2N3O8. The highest BCUT2D eigenvalue weighted by molar-refractivity contribution is 6.31. The van der Waals surface area contributed by atoms with Crippen LogP contribution in [0.4, 0.5) is 10.5 Å². The van der Waals surface area contributed by atoms with E-state index in [0.717, 1.165) is 4.90 Å². The molecule has 0 saturated carbocycles. The van der Waals surface area contributed by atoms with Gasteiger partial charge < -0.3 is 29.3 Å². The van der Waals surface area contributed by atoms with Crippen molar-refractivity contribution < 1.29 is 37.8 Å². The molecule has 0 atom stereocenters. The molecule has 0 aliphatic carbocycles. The maximum Gasteiger partial charge on any atom is 0.373 e. The summed E-state index contributed by atoms with van der Waals surface area (Å²) in [7, 11) is 2.59. The van der Waals surface area contributed by atoms with Gasteiger partial charge in [0.25, 0.3) is 11.8 Å². The zero-order valence-corrected chi connectivity index (χ0v) is 22.1. The molecular weight excluding hydrogens is 553 g/mol. The summed E-state index contributed by atoms with van der Waals surface area (Å²) in [5, 5.41) is 5.94. The smallest absolute Gasteiger partial charge is 0.373 e. The maximum absolute atomic E-state index is 13.0. The lowest BCUT2D eigenvalue weighted by Crippen LogP contribution is -2.30. The van der Waals surface area contributed by atoms with Crippen LogP contribution in [0.3, 0.4) is 0 Å². The molecule has 0 radical (unpaired) electrons. The van der Waals surface area contributed by atoms with Gasteiger partial charge in [-0.05, 0) is 48.5 Å². The Balaban J connectivity index is 1.53. The van der Waals surface area contributed by atoms with Crippen LogP contribution in [-0.4, -0.2) is 49.5 Å². The first-order chi connectivity index (χ1) is 18.7. The van der Waals surface area contributed by atoms with E-state index in [1.54, 1.807) is 24.3 Å². The second-order valence-corrected chi connectivity index (χ2v) is 8.88. The summed E-state index contributed by atoms with van der Waals surface area (Å²) in [6.07, 6.45) is 1.35. The number of rotatable bonds is 9. The van der Waals surface area contributed by atoms with Crippen molar-refractivity contribution in [1.82, 2.24) is 10.2 Å². The monoisotopic (exact) mass is 573 g/mol. The summed E-state index contributed by atoms with van der Waals surface area (Å²) in [6.45, 7) is -0.629. The molecule has 202 valence electrons. The first kappa shape index (κ1) is 27.6. The van der Waals surface area contributed by atoms with E-state index in [1.807, 2.05) is 0 Å². The van der Waals surface area contributed by atoms with Crippen molar-refractivity contribution in [2.45, 2.75) is 6.54 Å². The van der Waals surface area contributed by atoms with Crippen LogP contribution < -0.4 is 20.1 Å². The molecule has 0 unspecified atom stereocenters. The Morgan fingerprint density at radius 3 is 2.49 bits per heavy atom. The number of imide groups is 1. The Morgan fingerprint density at radius 1 is 1.05 bits per heavy atom. The van der Waals surface area contributed by atoms with Gasteiger partial charge in [0.2, 0.25) is 5.76 Å². The van der Waals surface area contributed by atoms with Crippen LogP contribution in [-0.2, 0) is 20.9 Å². The SMILES string of the molecule is COC(=O)c1ccc(CN2C(=O)N/C(=C/c3cc(Cl)cc(OC)c3OCC(=O)Nc3ccc(Cl)cc3)C2=O)o1. The van der Waals surface area contributed by atoms with E-state index >= 15 is 0 Å². The highest BCUT2D eigenvalue weighted by Crippen LogP contribution is 2.36. The summed E-state index contributed by atoms with van der Waals surface area (Å²) >= 11 is 12.1. The predicted octanol–water partition coefficient (Wildman–Crippen LogP) is 4.49. The van der Waals surface area contributed by atoms with Crippen LogP contribution in [0.25, 0.3) is 6.08 Å². The molecule has 1 aliphatic heterocycles. The highest BCUT2D eigenvalue weighted by Gasteiger charge is 2.35. The van der Waals surface area contributed by atoms with E-state index in [4.69, 9.17) is 37.1 Å². The molecule has 2 aromatic carbocycles. The molecule has 2 heterocycles. The average molecular weight is 574 g/mol. The third kappa shape index (κ3) is 6.51.